The second-order valence-corrected chi connectivity index (χ2v) is 3.18. The highest BCUT2D eigenvalue weighted by atomic mass is 16.3. The largest absolute Gasteiger partial charge is 0.393 e. The van der Waals surface area contributed by atoms with Crippen molar-refractivity contribution < 1.29 is 10.2 Å². The molecule has 0 saturated heterocycles. The predicted octanol–water partition coefficient (Wildman–Crippen LogP) is 1.23. The van der Waals surface area contributed by atoms with Crippen molar-refractivity contribution in [2.24, 2.45) is 0 Å². The molecule has 0 saturated carbocycles. The van der Waals surface area contributed by atoms with Gasteiger partial charge in [-0.05, 0) is 32.1 Å². The molecule has 2 unspecified atom stereocenters. The van der Waals surface area contributed by atoms with E-state index < -0.39 is 0 Å². The minimum atomic E-state index is -0.198. The summed E-state index contributed by atoms with van der Waals surface area (Å²) in [7, 11) is 0. The van der Waals surface area contributed by atoms with Crippen LogP contribution in [-0.4, -0.2) is 22.4 Å². The van der Waals surface area contributed by atoms with Crippen molar-refractivity contribution in [1.29, 1.82) is 0 Å². The molecule has 0 bridgehead atoms. The Hall–Kier alpha value is -0.340. The molecule has 1 rings (SSSR count). The highest BCUT2D eigenvalue weighted by molar-refractivity contribution is 4.87. The number of hydrogen-bond acceptors (Lipinski definition) is 2. The summed E-state index contributed by atoms with van der Waals surface area (Å²) in [5, 5.41) is 18.6. The molecule has 1 aliphatic carbocycles. The van der Waals surface area contributed by atoms with Gasteiger partial charge in [-0.15, -0.1) is 0 Å². The summed E-state index contributed by atoms with van der Waals surface area (Å²) in [5.41, 5.74) is 0. The summed E-state index contributed by atoms with van der Waals surface area (Å²) in [6, 6.07) is 0. The number of aliphatic hydroxyl groups is 2. The lowest BCUT2D eigenvalue weighted by atomic mass is 10.1. The average molecular weight is 156 g/mol. The normalized spacial score (nSPS) is 36.9. The van der Waals surface area contributed by atoms with Crippen LogP contribution in [0.2, 0.25) is 0 Å². The fourth-order valence-electron chi connectivity index (χ4n) is 1.33. The van der Waals surface area contributed by atoms with Gasteiger partial charge in [0.15, 0.2) is 0 Å². The molecule has 0 aromatic carbocycles. The van der Waals surface area contributed by atoms with Crippen molar-refractivity contribution in [2.45, 2.75) is 44.3 Å². The first kappa shape index (κ1) is 8.75. The van der Waals surface area contributed by atoms with Gasteiger partial charge in [0.2, 0.25) is 0 Å². The van der Waals surface area contributed by atoms with Crippen molar-refractivity contribution in [3.05, 3.63) is 12.2 Å². The molecule has 2 atom stereocenters. The van der Waals surface area contributed by atoms with E-state index in [2.05, 4.69) is 0 Å². The third kappa shape index (κ3) is 3.54. The van der Waals surface area contributed by atoms with Crippen LogP contribution in [0.15, 0.2) is 12.2 Å². The van der Waals surface area contributed by atoms with Crippen LogP contribution in [0, 0.1) is 0 Å². The van der Waals surface area contributed by atoms with E-state index >= 15 is 0 Å². The number of rotatable bonds is 0. The van der Waals surface area contributed by atoms with E-state index in [1.54, 1.807) is 0 Å². The average Bonchev–Trinajstić information content (AvgIpc) is 2.04. The molecular weight excluding hydrogens is 140 g/mol. The van der Waals surface area contributed by atoms with E-state index in [1.807, 2.05) is 12.2 Å². The maximum atomic E-state index is 9.29. The smallest absolute Gasteiger partial charge is 0.0574 e. The van der Waals surface area contributed by atoms with E-state index in [0.29, 0.717) is 0 Å². The predicted molar refractivity (Wildman–Crippen MR) is 44.2 cm³/mol. The monoisotopic (exact) mass is 156 g/mol. The maximum absolute atomic E-state index is 9.29. The Morgan fingerprint density at radius 2 is 1.36 bits per heavy atom. The second kappa shape index (κ2) is 4.52. The lowest BCUT2D eigenvalue weighted by Crippen LogP contribution is -2.07. The molecule has 2 nitrogen and oxygen atoms in total. The van der Waals surface area contributed by atoms with Gasteiger partial charge in [0.1, 0.15) is 0 Å². The molecule has 64 valence electrons. The summed E-state index contributed by atoms with van der Waals surface area (Å²) in [5.74, 6) is 0. The molecule has 0 amide bonds. The topological polar surface area (TPSA) is 40.5 Å². The second-order valence-electron chi connectivity index (χ2n) is 3.18. The van der Waals surface area contributed by atoms with E-state index in [1.165, 1.54) is 0 Å². The van der Waals surface area contributed by atoms with Gasteiger partial charge in [0.05, 0.1) is 12.2 Å². The van der Waals surface area contributed by atoms with Crippen molar-refractivity contribution in [3.8, 4) is 0 Å². The number of aliphatic hydroxyl groups excluding tert-OH is 2. The molecule has 0 aliphatic heterocycles. The summed E-state index contributed by atoms with van der Waals surface area (Å²) in [4.78, 5) is 0. The summed E-state index contributed by atoms with van der Waals surface area (Å²) in [6.07, 6.45) is 7.58. The quantitative estimate of drug-likeness (QED) is 0.518. The van der Waals surface area contributed by atoms with Gasteiger partial charge >= 0.3 is 0 Å². The van der Waals surface area contributed by atoms with Crippen LogP contribution in [0.1, 0.15) is 32.1 Å². The Morgan fingerprint density at radius 1 is 0.909 bits per heavy atom. The minimum Gasteiger partial charge on any atom is -0.393 e. The Morgan fingerprint density at radius 3 is 1.82 bits per heavy atom. The van der Waals surface area contributed by atoms with Gasteiger partial charge in [0.25, 0.3) is 0 Å². The van der Waals surface area contributed by atoms with Crippen LogP contribution >= 0.6 is 0 Å². The molecule has 0 spiro atoms. The van der Waals surface area contributed by atoms with Crippen LogP contribution < -0.4 is 0 Å². The zero-order valence-corrected chi connectivity index (χ0v) is 6.74. The fourth-order valence-corrected chi connectivity index (χ4v) is 1.33. The van der Waals surface area contributed by atoms with Crippen LogP contribution in [0.5, 0.6) is 0 Å². The van der Waals surface area contributed by atoms with Crippen molar-refractivity contribution in [2.75, 3.05) is 0 Å². The molecule has 0 aromatic rings. The van der Waals surface area contributed by atoms with E-state index in [0.717, 1.165) is 32.1 Å². The summed E-state index contributed by atoms with van der Waals surface area (Å²) in [6.45, 7) is 0. The summed E-state index contributed by atoms with van der Waals surface area (Å²) >= 11 is 0. The van der Waals surface area contributed by atoms with Crippen molar-refractivity contribution >= 4 is 0 Å². The van der Waals surface area contributed by atoms with Crippen LogP contribution in [0.25, 0.3) is 0 Å². The van der Waals surface area contributed by atoms with Gasteiger partial charge in [-0.3, -0.25) is 0 Å². The SMILES string of the molecule is OC1C/C=C\CC(O)CCC1. The van der Waals surface area contributed by atoms with E-state index in [9.17, 15) is 10.2 Å². The number of hydrogen-bond donors (Lipinski definition) is 2. The molecule has 2 heteroatoms. The highest BCUT2D eigenvalue weighted by Gasteiger charge is 2.07. The van der Waals surface area contributed by atoms with Crippen molar-refractivity contribution in [1.82, 2.24) is 0 Å². The molecule has 0 radical (unpaired) electrons. The molecule has 1 aliphatic rings. The first-order valence-corrected chi connectivity index (χ1v) is 4.30. The molecule has 0 fully saturated rings. The molecule has 2 N–H and O–H groups in total. The van der Waals surface area contributed by atoms with Crippen molar-refractivity contribution in [3.63, 3.8) is 0 Å². The lowest BCUT2D eigenvalue weighted by Gasteiger charge is -2.07. The Kier molecular flexibility index (Phi) is 3.60. The van der Waals surface area contributed by atoms with Crippen LogP contribution in [0.4, 0.5) is 0 Å². The van der Waals surface area contributed by atoms with Gasteiger partial charge in [0, 0.05) is 0 Å². The third-order valence-corrected chi connectivity index (χ3v) is 2.06. The first-order chi connectivity index (χ1) is 5.29. The van der Waals surface area contributed by atoms with Gasteiger partial charge in [-0.25, -0.2) is 0 Å². The van der Waals surface area contributed by atoms with E-state index in [4.69, 9.17) is 0 Å². The Balaban J connectivity index is 2.35. The molecule has 11 heavy (non-hydrogen) atoms. The maximum Gasteiger partial charge on any atom is 0.0574 e. The van der Waals surface area contributed by atoms with Gasteiger partial charge in [-0.1, -0.05) is 12.2 Å². The van der Waals surface area contributed by atoms with E-state index in [-0.39, 0.29) is 12.2 Å². The molecular formula is C9H16O2. The zero-order chi connectivity index (χ0) is 8.10. The van der Waals surface area contributed by atoms with Gasteiger partial charge in [-0.2, -0.15) is 0 Å². The zero-order valence-electron chi connectivity index (χ0n) is 6.74. The molecule has 0 heterocycles. The van der Waals surface area contributed by atoms with Crippen LogP contribution in [-0.2, 0) is 0 Å². The molecule has 0 aromatic heterocycles. The Bertz CT molecular complexity index is 118. The fraction of sp³-hybridized carbons (Fsp3) is 0.778. The first-order valence-electron chi connectivity index (χ1n) is 4.30. The Labute approximate surface area is 67.6 Å². The minimum absolute atomic E-state index is 0.198. The highest BCUT2D eigenvalue weighted by Crippen LogP contribution is 2.12. The summed E-state index contributed by atoms with van der Waals surface area (Å²) < 4.78 is 0. The third-order valence-electron chi connectivity index (χ3n) is 2.06. The van der Waals surface area contributed by atoms with Crippen LogP contribution in [0.3, 0.4) is 0 Å². The standard InChI is InChI=1S/C9H16O2/c10-8-4-1-2-5-9(11)7-3-6-8/h1-2,8-11H,3-7H2/b2-1-. The lowest BCUT2D eigenvalue weighted by molar-refractivity contribution is 0.140. The van der Waals surface area contributed by atoms with Gasteiger partial charge < -0.3 is 10.2 Å².